The zero-order chi connectivity index (χ0) is 21.0. The van der Waals surface area contributed by atoms with Gasteiger partial charge >= 0.3 is 5.97 Å². The molecule has 1 fully saturated rings. The average molecular weight is 418 g/mol. The van der Waals surface area contributed by atoms with E-state index < -0.39 is 16.0 Å². The van der Waals surface area contributed by atoms with Crippen LogP contribution in [0.15, 0.2) is 53.4 Å². The van der Waals surface area contributed by atoms with Crippen molar-refractivity contribution in [1.82, 2.24) is 9.21 Å². The van der Waals surface area contributed by atoms with Crippen LogP contribution >= 0.6 is 0 Å². The predicted octanol–water partition coefficient (Wildman–Crippen LogP) is 1.47. The molecule has 8 nitrogen and oxygen atoms in total. The molecule has 1 N–H and O–H groups in total. The second-order valence-corrected chi connectivity index (χ2v) is 8.54. The molecule has 1 aliphatic rings. The normalized spacial score (nSPS) is 15.1. The van der Waals surface area contributed by atoms with Gasteiger partial charge in [-0.25, -0.2) is 8.42 Å². The minimum Gasteiger partial charge on any atom is -0.497 e. The molecule has 0 spiro atoms. The number of carboxylic acid groups (broad SMARTS) is 1. The van der Waals surface area contributed by atoms with Gasteiger partial charge in [0.2, 0.25) is 10.0 Å². The smallest absolute Gasteiger partial charge is 0.307 e. The quantitative estimate of drug-likeness (QED) is 0.762. The molecule has 0 aliphatic carbocycles. The molecule has 0 saturated carbocycles. The Balaban J connectivity index is 1.70. The highest BCUT2D eigenvalue weighted by molar-refractivity contribution is 7.89. The van der Waals surface area contributed by atoms with Crippen LogP contribution < -0.4 is 4.74 Å². The van der Waals surface area contributed by atoms with Crippen molar-refractivity contribution in [1.29, 1.82) is 0 Å². The fourth-order valence-corrected chi connectivity index (χ4v) is 4.67. The lowest BCUT2D eigenvalue weighted by Gasteiger charge is -2.34. The van der Waals surface area contributed by atoms with E-state index in [0.29, 0.717) is 16.9 Å². The van der Waals surface area contributed by atoms with Crippen molar-refractivity contribution in [3.8, 4) is 5.75 Å². The van der Waals surface area contributed by atoms with Crippen molar-refractivity contribution in [3.63, 3.8) is 0 Å². The van der Waals surface area contributed by atoms with Crippen molar-refractivity contribution < 1.29 is 27.9 Å². The molecule has 0 bridgehead atoms. The number of methoxy groups -OCH3 is 1. The first-order chi connectivity index (χ1) is 13.8. The Labute approximate surface area is 169 Å². The first-order valence-electron chi connectivity index (χ1n) is 9.06. The van der Waals surface area contributed by atoms with Crippen LogP contribution in [0.5, 0.6) is 5.75 Å². The summed E-state index contributed by atoms with van der Waals surface area (Å²) in [7, 11) is -2.15. The fraction of sp³-hybridized carbons (Fsp3) is 0.300. The van der Waals surface area contributed by atoms with E-state index in [4.69, 9.17) is 9.84 Å². The van der Waals surface area contributed by atoms with Crippen LogP contribution in [0.2, 0.25) is 0 Å². The predicted molar refractivity (Wildman–Crippen MR) is 105 cm³/mol. The number of sulfonamides is 1. The first kappa shape index (κ1) is 20.8. The molecule has 0 unspecified atom stereocenters. The van der Waals surface area contributed by atoms with Crippen LogP contribution in [0.25, 0.3) is 0 Å². The summed E-state index contributed by atoms with van der Waals surface area (Å²) in [4.78, 5) is 25.6. The minimum atomic E-state index is -3.66. The number of hydrogen-bond acceptors (Lipinski definition) is 5. The van der Waals surface area contributed by atoms with Gasteiger partial charge in [0, 0.05) is 31.7 Å². The molecular weight excluding hydrogens is 396 g/mol. The molecule has 154 valence electrons. The Morgan fingerprint density at radius 3 is 2.21 bits per heavy atom. The maximum atomic E-state index is 12.9. The van der Waals surface area contributed by atoms with Crippen molar-refractivity contribution in [2.45, 2.75) is 11.3 Å². The molecule has 29 heavy (non-hydrogen) atoms. The number of hydrogen-bond donors (Lipinski definition) is 1. The second-order valence-electron chi connectivity index (χ2n) is 6.60. The van der Waals surface area contributed by atoms with Crippen LogP contribution in [0.1, 0.15) is 15.9 Å². The van der Waals surface area contributed by atoms with E-state index in [-0.39, 0.29) is 43.4 Å². The topological polar surface area (TPSA) is 104 Å². The van der Waals surface area contributed by atoms with Gasteiger partial charge in [-0.05, 0) is 35.9 Å². The number of carbonyl (C=O) groups excluding carboxylic acids is 1. The molecule has 0 atom stereocenters. The molecular formula is C20H22N2O6S. The number of amides is 1. The van der Waals surface area contributed by atoms with Crippen LogP contribution in [0.4, 0.5) is 0 Å². The monoisotopic (exact) mass is 418 g/mol. The Morgan fingerprint density at radius 2 is 1.62 bits per heavy atom. The molecule has 1 heterocycles. The number of carbonyl (C=O) groups is 2. The number of aliphatic carboxylic acids is 1. The zero-order valence-electron chi connectivity index (χ0n) is 15.9. The lowest BCUT2D eigenvalue weighted by atomic mass is 10.0. The van der Waals surface area contributed by atoms with Gasteiger partial charge in [0.15, 0.2) is 0 Å². The van der Waals surface area contributed by atoms with E-state index >= 15 is 0 Å². The van der Waals surface area contributed by atoms with E-state index in [1.54, 1.807) is 41.3 Å². The number of benzene rings is 2. The Hall–Kier alpha value is -2.91. The van der Waals surface area contributed by atoms with Crippen LogP contribution in [-0.2, 0) is 21.2 Å². The fourth-order valence-electron chi connectivity index (χ4n) is 3.24. The molecule has 3 rings (SSSR count). The zero-order valence-corrected chi connectivity index (χ0v) is 16.8. The van der Waals surface area contributed by atoms with Gasteiger partial charge in [0.05, 0.1) is 18.4 Å². The highest BCUT2D eigenvalue weighted by Gasteiger charge is 2.31. The number of carboxylic acids is 1. The Morgan fingerprint density at radius 1 is 1.00 bits per heavy atom. The number of ether oxygens (including phenoxy) is 1. The molecule has 1 aliphatic heterocycles. The highest BCUT2D eigenvalue weighted by Crippen LogP contribution is 2.21. The molecule has 9 heteroatoms. The summed E-state index contributed by atoms with van der Waals surface area (Å²) in [5, 5.41) is 9.04. The summed E-state index contributed by atoms with van der Waals surface area (Å²) >= 11 is 0. The van der Waals surface area contributed by atoms with Gasteiger partial charge in [0.25, 0.3) is 5.91 Å². The number of rotatable bonds is 6. The van der Waals surface area contributed by atoms with Gasteiger partial charge < -0.3 is 14.7 Å². The van der Waals surface area contributed by atoms with Crippen molar-refractivity contribution in [2.24, 2.45) is 0 Å². The lowest BCUT2D eigenvalue weighted by Crippen LogP contribution is -2.50. The van der Waals surface area contributed by atoms with E-state index in [1.165, 1.54) is 23.5 Å². The van der Waals surface area contributed by atoms with Gasteiger partial charge in [-0.3, -0.25) is 9.59 Å². The van der Waals surface area contributed by atoms with Crippen LogP contribution in [-0.4, -0.2) is 67.9 Å². The summed E-state index contributed by atoms with van der Waals surface area (Å²) < 4.78 is 32.1. The summed E-state index contributed by atoms with van der Waals surface area (Å²) in [6.45, 7) is 0.799. The van der Waals surface area contributed by atoms with E-state index in [0.717, 1.165) is 0 Å². The molecule has 1 amide bonds. The summed E-state index contributed by atoms with van der Waals surface area (Å²) in [6, 6.07) is 12.8. The van der Waals surface area contributed by atoms with Crippen molar-refractivity contribution in [3.05, 3.63) is 59.7 Å². The van der Waals surface area contributed by atoms with E-state index in [1.807, 2.05) is 0 Å². The third-order valence-electron chi connectivity index (χ3n) is 4.81. The Kier molecular flexibility index (Phi) is 6.19. The Bertz CT molecular complexity index is 996. The van der Waals surface area contributed by atoms with Crippen molar-refractivity contribution >= 4 is 21.9 Å². The van der Waals surface area contributed by atoms with Crippen LogP contribution in [0.3, 0.4) is 0 Å². The van der Waals surface area contributed by atoms with E-state index in [9.17, 15) is 18.0 Å². The summed E-state index contributed by atoms with van der Waals surface area (Å²) in [6.07, 6.45) is -0.242. The third kappa shape index (κ3) is 4.57. The first-order valence-corrected chi connectivity index (χ1v) is 10.5. The molecule has 2 aromatic carbocycles. The molecule has 1 saturated heterocycles. The van der Waals surface area contributed by atoms with Gasteiger partial charge in [-0.15, -0.1) is 0 Å². The maximum Gasteiger partial charge on any atom is 0.307 e. The highest BCUT2D eigenvalue weighted by atomic mass is 32.2. The van der Waals surface area contributed by atoms with E-state index in [2.05, 4.69) is 0 Å². The standard InChI is InChI=1S/C20H22N2O6S/c1-28-16-6-8-17(9-7-16)29(26,27)22-12-10-21(11-13-22)20(25)18-5-3-2-4-15(18)14-19(23)24/h2-9H,10-14H2,1H3,(H,23,24). The lowest BCUT2D eigenvalue weighted by molar-refractivity contribution is -0.136. The van der Waals surface area contributed by atoms with Gasteiger partial charge in [-0.2, -0.15) is 4.31 Å². The van der Waals surface area contributed by atoms with Crippen LogP contribution in [0, 0.1) is 0 Å². The van der Waals surface area contributed by atoms with Crippen molar-refractivity contribution in [2.75, 3.05) is 33.3 Å². The molecule has 0 radical (unpaired) electrons. The van der Waals surface area contributed by atoms with Gasteiger partial charge in [-0.1, -0.05) is 18.2 Å². The number of piperazine rings is 1. The summed E-state index contributed by atoms with van der Waals surface area (Å²) in [5.74, 6) is -0.733. The maximum absolute atomic E-state index is 12.9. The number of nitrogens with zero attached hydrogens (tertiary/aromatic N) is 2. The third-order valence-corrected chi connectivity index (χ3v) is 6.73. The molecule has 0 aromatic heterocycles. The van der Waals surface area contributed by atoms with Gasteiger partial charge in [0.1, 0.15) is 5.75 Å². The SMILES string of the molecule is COc1ccc(S(=O)(=O)N2CCN(C(=O)c3ccccc3CC(=O)O)CC2)cc1. The average Bonchev–Trinajstić information content (AvgIpc) is 2.73. The summed E-state index contributed by atoms with van der Waals surface area (Å²) in [5.41, 5.74) is 0.777. The molecule has 2 aromatic rings. The second kappa shape index (κ2) is 8.62. The largest absolute Gasteiger partial charge is 0.497 e. The minimum absolute atomic E-state index is 0.168.